The van der Waals surface area contributed by atoms with Gasteiger partial charge in [0.1, 0.15) is 12.4 Å². The van der Waals surface area contributed by atoms with Crippen LogP contribution in [0.4, 0.5) is 4.39 Å². The molecule has 0 amide bonds. The van der Waals surface area contributed by atoms with E-state index >= 15 is 0 Å². The highest BCUT2D eigenvalue weighted by molar-refractivity contribution is 7.98. The first-order valence-electron chi connectivity index (χ1n) is 11.5. The molecule has 0 aliphatic heterocycles. The summed E-state index contributed by atoms with van der Waals surface area (Å²) in [5, 5.41) is 14.8. The Morgan fingerprint density at radius 3 is 2.61 bits per heavy atom. The van der Waals surface area contributed by atoms with E-state index in [2.05, 4.69) is 22.2 Å². The van der Waals surface area contributed by atoms with Gasteiger partial charge >= 0.3 is 0 Å². The summed E-state index contributed by atoms with van der Waals surface area (Å²) in [5.74, 6) is 2.27. The lowest BCUT2D eigenvalue weighted by Crippen LogP contribution is -2.02. The van der Waals surface area contributed by atoms with E-state index in [1.807, 2.05) is 36.4 Å². The molecule has 0 aliphatic rings. The van der Waals surface area contributed by atoms with Crippen molar-refractivity contribution in [3.8, 4) is 11.5 Å². The fourth-order valence-electron chi connectivity index (χ4n) is 3.39. The smallest absolute Gasteiger partial charge is 0.212 e. The molecule has 6 nitrogen and oxygen atoms in total. The largest absolute Gasteiger partial charge is 0.493 e. The first-order chi connectivity index (χ1) is 17.6. The lowest BCUT2D eigenvalue weighted by molar-refractivity contribution is 0.279. The van der Waals surface area contributed by atoms with Crippen molar-refractivity contribution in [2.45, 2.75) is 37.3 Å². The number of ether oxygens (including phenoxy) is 2. The van der Waals surface area contributed by atoms with Crippen LogP contribution in [0.5, 0.6) is 11.5 Å². The Balaban J connectivity index is 1.50. The van der Waals surface area contributed by atoms with E-state index in [-0.39, 0.29) is 12.4 Å². The van der Waals surface area contributed by atoms with E-state index in [9.17, 15) is 4.39 Å². The van der Waals surface area contributed by atoms with Gasteiger partial charge in [0.05, 0.1) is 13.3 Å². The van der Waals surface area contributed by atoms with E-state index in [4.69, 9.17) is 21.1 Å². The monoisotopic (exact) mass is 524 g/mol. The van der Waals surface area contributed by atoms with Crippen LogP contribution in [0.1, 0.15) is 35.9 Å². The van der Waals surface area contributed by atoms with Crippen molar-refractivity contribution in [1.29, 1.82) is 0 Å². The summed E-state index contributed by atoms with van der Waals surface area (Å²) < 4.78 is 27.0. The van der Waals surface area contributed by atoms with Gasteiger partial charge in [-0.3, -0.25) is 0 Å². The zero-order valence-corrected chi connectivity index (χ0v) is 21.6. The van der Waals surface area contributed by atoms with Crippen molar-refractivity contribution in [2.75, 3.05) is 7.11 Å². The number of rotatable bonds is 11. The molecule has 9 heteroatoms. The molecule has 3 aromatic carbocycles. The van der Waals surface area contributed by atoms with Crippen LogP contribution in [-0.2, 0) is 18.8 Å². The molecule has 0 radical (unpaired) electrons. The molecule has 0 saturated carbocycles. The van der Waals surface area contributed by atoms with Crippen molar-refractivity contribution >= 4 is 29.6 Å². The minimum absolute atomic E-state index is 0.103. The zero-order chi connectivity index (χ0) is 25.3. The van der Waals surface area contributed by atoms with Crippen LogP contribution >= 0.6 is 23.4 Å². The van der Waals surface area contributed by atoms with Gasteiger partial charge in [-0.25, -0.2) is 4.39 Å². The molecular weight excluding hydrogens is 499 g/mol. The molecule has 0 saturated heterocycles. The third-order valence-corrected chi connectivity index (χ3v) is 6.52. The van der Waals surface area contributed by atoms with Gasteiger partial charge in [0.2, 0.25) is 5.16 Å². The lowest BCUT2D eigenvalue weighted by Gasteiger charge is -2.12. The Morgan fingerprint density at radius 2 is 1.86 bits per heavy atom. The summed E-state index contributed by atoms with van der Waals surface area (Å²) >= 11 is 7.55. The van der Waals surface area contributed by atoms with Crippen molar-refractivity contribution in [3.05, 3.63) is 100 Å². The first-order valence-corrected chi connectivity index (χ1v) is 12.8. The second-order valence-electron chi connectivity index (χ2n) is 7.91. The van der Waals surface area contributed by atoms with Gasteiger partial charge in [-0.15, -0.1) is 10.2 Å². The highest BCUT2D eigenvalue weighted by Gasteiger charge is 2.12. The van der Waals surface area contributed by atoms with Crippen molar-refractivity contribution in [2.24, 2.45) is 5.10 Å². The van der Waals surface area contributed by atoms with Crippen LogP contribution < -0.4 is 9.47 Å². The minimum Gasteiger partial charge on any atom is -0.493 e. The van der Waals surface area contributed by atoms with Crippen LogP contribution in [0.15, 0.2) is 77.0 Å². The molecule has 0 fully saturated rings. The SMILES string of the molecule is CCCc1nnc(SCc2ccc(Cl)cc2)n1/N=C/c1ccc(OCc2ccccc2F)c(OC)c1. The van der Waals surface area contributed by atoms with Crippen molar-refractivity contribution in [1.82, 2.24) is 14.9 Å². The molecule has 0 spiro atoms. The highest BCUT2D eigenvalue weighted by atomic mass is 35.5. The second kappa shape index (κ2) is 12.6. The van der Waals surface area contributed by atoms with Crippen LogP contribution in [-0.4, -0.2) is 28.2 Å². The predicted octanol–water partition coefficient (Wildman–Crippen LogP) is 6.79. The number of methoxy groups -OCH3 is 1. The molecule has 4 aromatic rings. The number of nitrogens with zero attached hydrogens (tertiary/aromatic N) is 4. The number of aryl methyl sites for hydroxylation is 1. The van der Waals surface area contributed by atoms with E-state index in [1.165, 1.54) is 6.07 Å². The summed E-state index contributed by atoms with van der Waals surface area (Å²) in [5.41, 5.74) is 2.43. The summed E-state index contributed by atoms with van der Waals surface area (Å²) in [6, 6.07) is 19.7. The normalized spacial score (nSPS) is 11.2. The number of benzene rings is 3. The van der Waals surface area contributed by atoms with E-state index in [1.54, 1.807) is 54.0 Å². The fourth-order valence-corrected chi connectivity index (χ4v) is 4.38. The third-order valence-electron chi connectivity index (χ3n) is 5.28. The average molecular weight is 525 g/mol. The Kier molecular flexibility index (Phi) is 8.97. The Hall–Kier alpha value is -3.36. The first kappa shape index (κ1) is 25.7. The van der Waals surface area contributed by atoms with Gasteiger partial charge < -0.3 is 9.47 Å². The van der Waals surface area contributed by atoms with Crippen LogP contribution in [0.2, 0.25) is 5.02 Å². The van der Waals surface area contributed by atoms with Gasteiger partial charge in [0.15, 0.2) is 17.3 Å². The number of hydrogen-bond acceptors (Lipinski definition) is 6. The van der Waals surface area contributed by atoms with Crippen LogP contribution in [0.3, 0.4) is 0 Å². The Bertz CT molecular complexity index is 1330. The molecular formula is C27H26ClFN4O2S. The molecule has 186 valence electrons. The maximum atomic E-state index is 13.9. The topological polar surface area (TPSA) is 61.5 Å². The van der Waals surface area contributed by atoms with Crippen LogP contribution in [0, 0.1) is 5.82 Å². The molecule has 36 heavy (non-hydrogen) atoms. The van der Waals surface area contributed by atoms with E-state index in [0.717, 1.165) is 35.5 Å². The quantitative estimate of drug-likeness (QED) is 0.160. The highest BCUT2D eigenvalue weighted by Crippen LogP contribution is 2.29. The lowest BCUT2D eigenvalue weighted by atomic mass is 10.2. The van der Waals surface area contributed by atoms with Crippen LogP contribution in [0.25, 0.3) is 0 Å². The van der Waals surface area contributed by atoms with Gasteiger partial charge in [-0.1, -0.05) is 60.6 Å². The fraction of sp³-hybridized carbons (Fsp3) is 0.222. The van der Waals surface area contributed by atoms with E-state index in [0.29, 0.717) is 27.2 Å². The van der Waals surface area contributed by atoms with Gasteiger partial charge in [0.25, 0.3) is 0 Å². The molecule has 1 heterocycles. The molecule has 0 aliphatic carbocycles. The number of aromatic nitrogens is 3. The van der Waals surface area contributed by atoms with Gasteiger partial charge in [-0.2, -0.15) is 9.78 Å². The third kappa shape index (κ3) is 6.65. The maximum absolute atomic E-state index is 13.9. The molecule has 0 atom stereocenters. The van der Waals surface area contributed by atoms with Gasteiger partial charge in [0, 0.05) is 22.8 Å². The Morgan fingerprint density at radius 1 is 1.06 bits per heavy atom. The number of thioether (sulfide) groups is 1. The second-order valence-corrected chi connectivity index (χ2v) is 9.29. The summed E-state index contributed by atoms with van der Waals surface area (Å²) in [7, 11) is 1.57. The summed E-state index contributed by atoms with van der Waals surface area (Å²) in [6.45, 7) is 2.19. The summed E-state index contributed by atoms with van der Waals surface area (Å²) in [6.07, 6.45) is 3.42. The predicted molar refractivity (Wildman–Crippen MR) is 142 cm³/mol. The van der Waals surface area contributed by atoms with Gasteiger partial charge in [-0.05, 0) is 53.9 Å². The summed E-state index contributed by atoms with van der Waals surface area (Å²) in [4.78, 5) is 0. The maximum Gasteiger partial charge on any atom is 0.212 e. The molecule has 1 aromatic heterocycles. The minimum atomic E-state index is -0.304. The standard InChI is InChI=1S/C27H26ClFN4O2S/c1-3-6-26-31-32-27(36-18-19-9-12-22(28)13-10-19)33(26)30-16-20-11-14-24(25(15-20)34-2)35-17-21-7-4-5-8-23(21)29/h4-5,7-16H,3,6,17-18H2,1-2H3/b30-16+. The zero-order valence-electron chi connectivity index (χ0n) is 20.0. The molecule has 4 rings (SSSR count). The van der Waals surface area contributed by atoms with Crippen molar-refractivity contribution in [3.63, 3.8) is 0 Å². The number of hydrogen-bond donors (Lipinski definition) is 0. The average Bonchev–Trinajstić information content (AvgIpc) is 3.28. The Labute approximate surface area is 219 Å². The molecule has 0 unspecified atom stereocenters. The molecule has 0 bridgehead atoms. The van der Waals surface area contributed by atoms with Crippen molar-refractivity contribution < 1.29 is 13.9 Å². The number of halogens is 2. The van der Waals surface area contributed by atoms with E-state index < -0.39 is 0 Å². The molecule has 0 N–H and O–H groups in total.